The summed E-state index contributed by atoms with van der Waals surface area (Å²) >= 11 is 11.3. The van der Waals surface area contributed by atoms with Crippen molar-refractivity contribution >= 4 is 51.3 Å². The van der Waals surface area contributed by atoms with Crippen LogP contribution in [0.4, 0.5) is 5.69 Å². The number of nitro benzene ring substituents is 1. The highest BCUT2D eigenvalue weighted by molar-refractivity contribution is 7.80. The molecule has 6 heteroatoms. The van der Waals surface area contributed by atoms with Crippen LogP contribution in [0.2, 0.25) is 5.02 Å². The Hall–Kier alpha value is -0.780. The number of benzene rings is 1. The summed E-state index contributed by atoms with van der Waals surface area (Å²) in [5, 5.41) is 13.6. The molecule has 0 N–H and O–H groups in total. The van der Waals surface area contributed by atoms with Crippen LogP contribution in [0.5, 0.6) is 0 Å². The van der Waals surface area contributed by atoms with Gasteiger partial charge in [0.2, 0.25) is 0 Å². The van der Waals surface area contributed by atoms with E-state index in [0.717, 1.165) is 0 Å². The second-order valence-corrected chi connectivity index (χ2v) is 4.43. The van der Waals surface area contributed by atoms with Gasteiger partial charge in [-0.15, -0.1) is 24.0 Å². The van der Waals surface area contributed by atoms with Crippen molar-refractivity contribution in [2.24, 2.45) is 0 Å². The summed E-state index contributed by atoms with van der Waals surface area (Å²) in [6, 6.07) is 3.14. The smallest absolute Gasteiger partial charge is 0.258 e. The Kier molecular flexibility index (Phi) is 2.38. The van der Waals surface area contributed by atoms with Crippen LogP contribution in [0.15, 0.2) is 22.4 Å². The van der Waals surface area contributed by atoms with Gasteiger partial charge in [-0.2, -0.15) is 0 Å². The summed E-state index contributed by atoms with van der Waals surface area (Å²) in [5.41, 5.74) is 0.0596. The van der Waals surface area contributed by atoms with Gasteiger partial charge in [-0.1, -0.05) is 11.6 Å². The maximum absolute atomic E-state index is 10.7. The third kappa shape index (κ3) is 1.37. The molecule has 0 fully saturated rings. The molecular weight excluding hydrogens is 242 g/mol. The number of halogens is 1. The fourth-order valence-electron chi connectivity index (χ4n) is 1.21. The zero-order chi connectivity index (χ0) is 10.3. The molecule has 0 aliphatic heterocycles. The van der Waals surface area contributed by atoms with Crippen LogP contribution in [-0.4, -0.2) is 4.92 Å². The van der Waals surface area contributed by atoms with E-state index in [-0.39, 0.29) is 5.69 Å². The first-order valence-corrected chi connectivity index (χ1v) is 5.35. The zero-order valence-corrected chi connectivity index (χ0v) is 9.20. The van der Waals surface area contributed by atoms with E-state index in [1.807, 2.05) is 0 Å². The largest absolute Gasteiger partial charge is 0.288 e. The fraction of sp³-hybridized carbons (Fsp3) is 0. The molecule has 0 saturated heterocycles. The first kappa shape index (κ1) is 9.76. The highest BCUT2D eigenvalue weighted by Gasteiger charge is 2.17. The van der Waals surface area contributed by atoms with E-state index in [1.165, 1.54) is 17.4 Å². The highest BCUT2D eigenvalue weighted by Crippen LogP contribution is 2.39. The summed E-state index contributed by atoms with van der Waals surface area (Å²) in [6.07, 6.45) is 0. The minimum atomic E-state index is -0.422. The number of hydrogen-bond donors (Lipinski definition) is 1. The molecule has 0 aliphatic carbocycles. The van der Waals surface area contributed by atoms with Crippen LogP contribution in [0.3, 0.4) is 0 Å². The lowest BCUT2D eigenvalue weighted by atomic mass is 10.2. The highest BCUT2D eigenvalue weighted by atomic mass is 35.5. The Morgan fingerprint density at radius 3 is 2.93 bits per heavy atom. The molecule has 2 aromatic rings. The van der Waals surface area contributed by atoms with Gasteiger partial charge in [-0.25, -0.2) is 0 Å². The molecule has 2 rings (SSSR count). The summed E-state index contributed by atoms with van der Waals surface area (Å²) in [5.74, 6) is 0. The van der Waals surface area contributed by atoms with Crippen LogP contribution < -0.4 is 0 Å². The predicted molar refractivity (Wildman–Crippen MR) is 60.7 cm³/mol. The van der Waals surface area contributed by atoms with Crippen molar-refractivity contribution in [2.75, 3.05) is 0 Å². The van der Waals surface area contributed by atoms with Gasteiger partial charge in [0.1, 0.15) is 4.70 Å². The van der Waals surface area contributed by atoms with E-state index in [2.05, 4.69) is 12.6 Å². The molecule has 0 radical (unpaired) electrons. The standard InChI is InChI=1S/C8H4ClNO2S2/c9-7-4-1-2-14-8(4)5(10(11)12)3-6(7)13/h1-3,13H. The van der Waals surface area contributed by atoms with Crippen molar-refractivity contribution < 1.29 is 4.92 Å². The molecule has 1 aromatic carbocycles. The minimum Gasteiger partial charge on any atom is -0.258 e. The van der Waals surface area contributed by atoms with E-state index in [4.69, 9.17) is 11.6 Å². The number of nitrogens with zero attached hydrogens (tertiary/aromatic N) is 1. The Balaban J connectivity index is 2.91. The van der Waals surface area contributed by atoms with E-state index in [9.17, 15) is 10.1 Å². The van der Waals surface area contributed by atoms with E-state index in [1.54, 1.807) is 11.4 Å². The van der Waals surface area contributed by atoms with Gasteiger partial charge >= 0.3 is 0 Å². The van der Waals surface area contributed by atoms with Gasteiger partial charge in [0, 0.05) is 16.3 Å². The molecule has 1 aromatic heterocycles. The molecular formula is C8H4ClNO2S2. The van der Waals surface area contributed by atoms with Crippen molar-refractivity contribution in [3.63, 3.8) is 0 Å². The number of rotatable bonds is 1. The van der Waals surface area contributed by atoms with Crippen molar-refractivity contribution in [3.05, 3.63) is 32.6 Å². The van der Waals surface area contributed by atoms with Crippen molar-refractivity contribution in [2.45, 2.75) is 4.90 Å². The number of hydrogen-bond acceptors (Lipinski definition) is 4. The first-order valence-electron chi connectivity index (χ1n) is 3.64. The third-order valence-electron chi connectivity index (χ3n) is 1.83. The number of thiol groups is 1. The Bertz CT molecular complexity index is 523. The number of non-ortho nitro benzene ring substituents is 1. The Labute approximate surface area is 93.9 Å². The summed E-state index contributed by atoms with van der Waals surface area (Å²) < 4.78 is 0.595. The topological polar surface area (TPSA) is 43.1 Å². The molecule has 72 valence electrons. The lowest BCUT2D eigenvalue weighted by Gasteiger charge is -1.99. The lowest BCUT2D eigenvalue weighted by Crippen LogP contribution is -1.88. The molecule has 0 atom stereocenters. The minimum absolute atomic E-state index is 0.0596. The van der Waals surface area contributed by atoms with Crippen LogP contribution >= 0.6 is 35.6 Å². The van der Waals surface area contributed by atoms with Gasteiger partial charge in [-0.3, -0.25) is 10.1 Å². The molecule has 0 unspecified atom stereocenters. The third-order valence-corrected chi connectivity index (χ3v) is 3.66. The second-order valence-electron chi connectivity index (χ2n) is 2.65. The maximum Gasteiger partial charge on any atom is 0.288 e. The summed E-state index contributed by atoms with van der Waals surface area (Å²) in [4.78, 5) is 10.7. The van der Waals surface area contributed by atoms with Gasteiger partial charge in [0.05, 0.1) is 9.95 Å². The summed E-state index contributed by atoms with van der Waals surface area (Å²) in [6.45, 7) is 0. The Morgan fingerprint density at radius 1 is 1.57 bits per heavy atom. The van der Waals surface area contributed by atoms with Crippen molar-refractivity contribution in [1.29, 1.82) is 0 Å². The SMILES string of the molecule is O=[N+]([O-])c1cc(S)c(Cl)c2ccsc12. The van der Waals surface area contributed by atoms with Crippen molar-refractivity contribution in [3.8, 4) is 0 Å². The zero-order valence-electron chi connectivity index (χ0n) is 6.73. The van der Waals surface area contributed by atoms with Gasteiger partial charge in [-0.05, 0) is 11.4 Å². The monoisotopic (exact) mass is 245 g/mol. The molecule has 3 nitrogen and oxygen atoms in total. The lowest BCUT2D eigenvalue weighted by molar-refractivity contribution is -0.383. The molecule has 0 amide bonds. The number of fused-ring (bicyclic) bond motifs is 1. The molecule has 0 saturated carbocycles. The van der Waals surface area contributed by atoms with Crippen LogP contribution in [0, 0.1) is 10.1 Å². The van der Waals surface area contributed by atoms with Crippen LogP contribution in [0.25, 0.3) is 10.1 Å². The fourth-order valence-corrected chi connectivity index (χ4v) is 2.61. The van der Waals surface area contributed by atoms with E-state index >= 15 is 0 Å². The predicted octanol–water partition coefficient (Wildman–Crippen LogP) is 3.75. The molecule has 14 heavy (non-hydrogen) atoms. The molecule has 0 spiro atoms. The van der Waals surface area contributed by atoms with Gasteiger partial charge < -0.3 is 0 Å². The average Bonchev–Trinajstić information content (AvgIpc) is 2.59. The van der Waals surface area contributed by atoms with Crippen LogP contribution in [0.1, 0.15) is 0 Å². The van der Waals surface area contributed by atoms with Gasteiger partial charge in [0.25, 0.3) is 5.69 Å². The number of nitro groups is 1. The van der Waals surface area contributed by atoms with E-state index < -0.39 is 4.92 Å². The molecule has 1 heterocycles. The van der Waals surface area contributed by atoms with E-state index in [0.29, 0.717) is 20.0 Å². The normalized spacial score (nSPS) is 10.7. The van der Waals surface area contributed by atoms with Gasteiger partial charge in [0.15, 0.2) is 0 Å². The number of thiophene rings is 1. The molecule has 0 aliphatic rings. The first-order chi connectivity index (χ1) is 6.61. The van der Waals surface area contributed by atoms with Crippen molar-refractivity contribution in [1.82, 2.24) is 0 Å². The molecule has 0 bridgehead atoms. The summed E-state index contributed by atoms with van der Waals surface area (Å²) in [7, 11) is 0. The average molecular weight is 246 g/mol. The Morgan fingerprint density at radius 2 is 2.29 bits per heavy atom. The van der Waals surface area contributed by atoms with Crippen LogP contribution in [-0.2, 0) is 0 Å². The quantitative estimate of drug-likeness (QED) is 0.472. The maximum atomic E-state index is 10.7. The second kappa shape index (κ2) is 3.42.